The molecule has 0 aromatic heterocycles. The van der Waals surface area contributed by atoms with Crippen LogP contribution < -0.4 is 0 Å². The minimum absolute atomic E-state index is 0.120. The van der Waals surface area contributed by atoms with Gasteiger partial charge in [-0.05, 0) is 25.3 Å². The van der Waals surface area contributed by atoms with Crippen LogP contribution in [0, 0.1) is 6.92 Å². The molecule has 0 bridgehead atoms. The first-order valence-electron chi connectivity index (χ1n) is 6.48. The second-order valence-electron chi connectivity index (χ2n) is 5.02. The van der Waals surface area contributed by atoms with Gasteiger partial charge in [0.05, 0.1) is 6.54 Å². The lowest BCUT2D eigenvalue weighted by atomic mass is 10.00. The van der Waals surface area contributed by atoms with Gasteiger partial charge in [-0.1, -0.05) is 42.0 Å². The molecule has 3 heteroatoms. The lowest BCUT2D eigenvalue weighted by Crippen LogP contribution is -2.31. The Balaban J connectivity index is 1.84. The van der Waals surface area contributed by atoms with Gasteiger partial charge in [0.15, 0.2) is 0 Å². The average molecular weight is 253 g/mol. The Labute approximate surface area is 112 Å². The Morgan fingerprint density at radius 1 is 1.11 bits per heavy atom. The summed E-state index contributed by atoms with van der Waals surface area (Å²) in [6, 6.07) is 7.91. The van der Waals surface area contributed by atoms with Crippen molar-refractivity contribution in [2.75, 3.05) is 0 Å². The molecule has 1 aromatic carbocycles. The van der Waals surface area contributed by atoms with Crippen LogP contribution in [0.4, 0.5) is 0 Å². The maximum atomic E-state index is 12.2. The number of imide groups is 1. The zero-order chi connectivity index (χ0) is 13.4. The third kappa shape index (κ3) is 2.01. The van der Waals surface area contributed by atoms with E-state index in [2.05, 4.69) is 0 Å². The predicted molar refractivity (Wildman–Crippen MR) is 72.1 cm³/mol. The van der Waals surface area contributed by atoms with E-state index in [1.807, 2.05) is 37.3 Å². The van der Waals surface area contributed by atoms with Gasteiger partial charge in [-0.15, -0.1) is 0 Å². The number of nitrogens with zero attached hydrogens (tertiary/aromatic N) is 1. The molecule has 3 rings (SSSR count). The summed E-state index contributed by atoms with van der Waals surface area (Å²) >= 11 is 0. The molecule has 2 amide bonds. The van der Waals surface area contributed by atoms with E-state index in [4.69, 9.17) is 0 Å². The first-order chi connectivity index (χ1) is 9.16. The van der Waals surface area contributed by atoms with E-state index in [1.165, 1.54) is 10.5 Å². The molecular weight excluding hydrogens is 238 g/mol. The van der Waals surface area contributed by atoms with Crippen molar-refractivity contribution in [2.45, 2.75) is 26.3 Å². The summed E-state index contributed by atoms with van der Waals surface area (Å²) in [7, 11) is 0. The van der Waals surface area contributed by atoms with Crippen LogP contribution in [0.15, 0.2) is 47.6 Å². The second-order valence-corrected chi connectivity index (χ2v) is 5.02. The second kappa shape index (κ2) is 4.50. The number of rotatable bonds is 2. The highest BCUT2D eigenvalue weighted by atomic mass is 16.2. The van der Waals surface area contributed by atoms with E-state index in [-0.39, 0.29) is 11.8 Å². The fourth-order valence-electron chi connectivity index (χ4n) is 2.51. The van der Waals surface area contributed by atoms with E-state index in [0.29, 0.717) is 24.1 Å². The molecule has 0 N–H and O–H groups in total. The van der Waals surface area contributed by atoms with Crippen molar-refractivity contribution in [3.05, 3.63) is 58.7 Å². The van der Waals surface area contributed by atoms with Gasteiger partial charge in [-0.3, -0.25) is 14.5 Å². The van der Waals surface area contributed by atoms with Gasteiger partial charge < -0.3 is 0 Å². The van der Waals surface area contributed by atoms with E-state index >= 15 is 0 Å². The van der Waals surface area contributed by atoms with Crippen LogP contribution in [0.5, 0.6) is 0 Å². The molecule has 1 aliphatic heterocycles. The number of carbonyl (C=O) groups is 2. The van der Waals surface area contributed by atoms with Crippen molar-refractivity contribution in [1.29, 1.82) is 0 Å². The first kappa shape index (κ1) is 11.9. The summed E-state index contributed by atoms with van der Waals surface area (Å²) in [6.07, 6.45) is 5.27. The van der Waals surface area contributed by atoms with Gasteiger partial charge in [0.2, 0.25) is 0 Å². The van der Waals surface area contributed by atoms with Crippen molar-refractivity contribution in [1.82, 2.24) is 4.90 Å². The molecule has 1 aliphatic carbocycles. The molecule has 0 spiro atoms. The van der Waals surface area contributed by atoms with Crippen LogP contribution in [0.2, 0.25) is 0 Å². The summed E-state index contributed by atoms with van der Waals surface area (Å²) in [5.41, 5.74) is 3.42. The van der Waals surface area contributed by atoms with Crippen LogP contribution in [-0.4, -0.2) is 16.7 Å². The maximum Gasteiger partial charge on any atom is 0.261 e. The molecule has 2 aliphatic rings. The minimum Gasteiger partial charge on any atom is -0.270 e. The molecule has 0 fully saturated rings. The molecule has 0 atom stereocenters. The van der Waals surface area contributed by atoms with Crippen molar-refractivity contribution in [3.8, 4) is 0 Å². The zero-order valence-corrected chi connectivity index (χ0v) is 10.8. The Hall–Kier alpha value is -2.16. The Morgan fingerprint density at radius 3 is 2.53 bits per heavy atom. The molecular formula is C16H15NO2. The molecule has 96 valence electrons. The summed E-state index contributed by atoms with van der Waals surface area (Å²) in [4.78, 5) is 25.8. The third-order valence-corrected chi connectivity index (χ3v) is 3.61. The average Bonchev–Trinajstić information content (AvgIpc) is 2.67. The van der Waals surface area contributed by atoms with Crippen LogP contribution in [0.3, 0.4) is 0 Å². The number of allylic oxidation sites excluding steroid dienone is 1. The molecule has 19 heavy (non-hydrogen) atoms. The Morgan fingerprint density at radius 2 is 1.84 bits per heavy atom. The fourth-order valence-corrected chi connectivity index (χ4v) is 2.51. The van der Waals surface area contributed by atoms with E-state index in [1.54, 1.807) is 6.08 Å². The van der Waals surface area contributed by atoms with Gasteiger partial charge >= 0.3 is 0 Å². The molecule has 0 saturated carbocycles. The first-order valence-corrected chi connectivity index (χ1v) is 6.48. The fraction of sp³-hybridized carbons (Fsp3) is 0.250. The monoisotopic (exact) mass is 253 g/mol. The summed E-state index contributed by atoms with van der Waals surface area (Å²) in [5.74, 6) is -0.276. The smallest absolute Gasteiger partial charge is 0.261 e. The van der Waals surface area contributed by atoms with Crippen molar-refractivity contribution >= 4 is 11.8 Å². The van der Waals surface area contributed by atoms with Crippen LogP contribution in [-0.2, 0) is 16.1 Å². The summed E-state index contributed by atoms with van der Waals surface area (Å²) in [5, 5.41) is 0. The lowest BCUT2D eigenvalue weighted by Gasteiger charge is -2.15. The van der Waals surface area contributed by atoms with Crippen LogP contribution in [0.1, 0.15) is 24.0 Å². The lowest BCUT2D eigenvalue weighted by molar-refractivity contribution is -0.138. The molecule has 3 nitrogen and oxygen atoms in total. The molecule has 0 unspecified atom stereocenters. The van der Waals surface area contributed by atoms with Gasteiger partial charge in [0, 0.05) is 11.1 Å². The number of aryl methyl sites for hydroxylation is 1. The summed E-state index contributed by atoms with van der Waals surface area (Å²) < 4.78 is 0. The summed E-state index contributed by atoms with van der Waals surface area (Å²) in [6.45, 7) is 2.37. The standard InChI is InChI=1S/C16H15NO2/c1-11-6-8-12(9-7-11)10-17-15(18)13-4-2-3-5-14(13)16(17)19/h2,4,6-9H,3,5,10H2,1H3. The highest BCUT2D eigenvalue weighted by Crippen LogP contribution is 2.29. The molecule has 0 saturated heterocycles. The number of hydrogen-bond acceptors (Lipinski definition) is 2. The van der Waals surface area contributed by atoms with Gasteiger partial charge in [0.25, 0.3) is 11.8 Å². The van der Waals surface area contributed by atoms with E-state index in [9.17, 15) is 9.59 Å². The Kier molecular flexibility index (Phi) is 2.82. The molecule has 1 heterocycles. The maximum absolute atomic E-state index is 12.2. The quantitative estimate of drug-likeness (QED) is 0.759. The zero-order valence-electron chi connectivity index (χ0n) is 10.8. The Bertz CT molecular complexity index is 608. The highest BCUT2D eigenvalue weighted by molar-refractivity contribution is 6.20. The van der Waals surface area contributed by atoms with E-state index in [0.717, 1.165) is 12.0 Å². The number of carbonyl (C=O) groups excluding carboxylic acids is 2. The highest BCUT2D eigenvalue weighted by Gasteiger charge is 2.37. The molecule has 0 radical (unpaired) electrons. The number of amides is 2. The van der Waals surface area contributed by atoms with Gasteiger partial charge in [-0.25, -0.2) is 0 Å². The number of benzene rings is 1. The van der Waals surface area contributed by atoms with E-state index < -0.39 is 0 Å². The van der Waals surface area contributed by atoms with Crippen molar-refractivity contribution in [3.63, 3.8) is 0 Å². The topological polar surface area (TPSA) is 37.4 Å². The largest absolute Gasteiger partial charge is 0.270 e. The van der Waals surface area contributed by atoms with Crippen molar-refractivity contribution in [2.24, 2.45) is 0 Å². The van der Waals surface area contributed by atoms with Crippen LogP contribution in [0.25, 0.3) is 0 Å². The van der Waals surface area contributed by atoms with Crippen molar-refractivity contribution < 1.29 is 9.59 Å². The minimum atomic E-state index is -0.156. The third-order valence-electron chi connectivity index (χ3n) is 3.61. The van der Waals surface area contributed by atoms with Crippen LogP contribution >= 0.6 is 0 Å². The predicted octanol–water partition coefficient (Wildman–Crippen LogP) is 2.51. The van der Waals surface area contributed by atoms with Gasteiger partial charge in [-0.2, -0.15) is 0 Å². The SMILES string of the molecule is Cc1ccc(CN2C(=O)C3=C(CCC=C3)C2=O)cc1. The number of hydrogen-bond donors (Lipinski definition) is 0. The van der Waals surface area contributed by atoms with Gasteiger partial charge in [0.1, 0.15) is 0 Å². The normalized spacial score (nSPS) is 18.3. The molecule has 1 aromatic rings.